The second-order valence-electron chi connectivity index (χ2n) is 4.21. The van der Waals surface area contributed by atoms with E-state index >= 15 is 0 Å². The average molecular weight is 289 g/mol. The molecule has 0 aliphatic heterocycles. The normalized spacial score (nSPS) is 10.3. The third-order valence-corrected chi connectivity index (χ3v) is 3.64. The molecule has 0 atom stereocenters. The first-order chi connectivity index (χ1) is 9.58. The molecule has 0 saturated heterocycles. The molecule has 6 heteroatoms. The van der Waals surface area contributed by atoms with Crippen molar-refractivity contribution in [1.29, 1.82) is 0 Å². The number of benzene rings is 1. The maximum absolute atomic E-state index is 11.0. The van der Waals surface area contributed by atoms with Crippen molar-refractivity contribution in [2.24, 2.45) is 0 Å². The summed E-state index contributed by atoms with van der Waals surface area (Å²) in [6.07, 6.45) is 0. The molecule has 0 spiro atoms. The van der Waals surface area contributed by atoms with Gasteiger partial charge in [0.25, 0.3) is 0 Å². The lowest BCUT2D eigenvalue weighted by Crippen LogP contribution is -2.07. The number of thioether (sulfide) groups is 1. The summed E-state index contributed by atoms with van der Waals surface area (Å²) < 4.78 is 0. The van der Waals surface area contributed by atoms with Crippen LogP contribution in [0, 0.1) is 6.92 Å². The molecule has 0 amide bonds. The number of aryl methyl sites for hydroxylation is 1. The monoisotopic (exact) mass is 289 g/mol. The number of hydrogen-bond donors (Lipinski definition) is 2. The van der Waals surface area contributed by atoms with Crippen molar-refractivity contribution in [3.05, 3.63) is 47.4 Å². The fraction of sp³-hybridized carbons (Fsp3) is 0.214. The van der Waals surface area contributed by atoms with Gasteiger partial charge in [-0.3, -0.25) is 0 Å². The predicted molar refractivity (Wildman–Crippen MR) is 79.3 cm³/mol. The second-order valence-corrected chi connectivity index (χ2v) is 5.26. The van der Waals surface area contributed by atoms with Crippen LogP contribution < -0.4 is 5.32 Å². The zero-order valence-electron chi connectivity index (χ0n) is 11.3. The topological polar surface area (TPSA) is 75.1 Å². The average Bonchev–Trinajstić information content (AvgIpc) is 2.46. The molecular weight excluding hydrogens is 274 g/mol. The molecular formula is C14H15N3O2S. The molecule has 0 saturated carbocycles. The summed E-state index contributed by atoms with van der Waals surface area (Å²) in [5.74, 6) is 0.487. The van der Waals surface area contributed by atoms with E-state index in [4.69, 9.17) is 5.11 Å². The number of nitrogens with zero attached hydrogens (tertiary/aromatic N) is 2. The smallest absolute Gasteiger partial charge is 0.354 e. The van der Waals surface area contributed by atoms with E-state index in [9.17, 15) is 4.79 Å². The van der Waals surface area contributed by atoms with Gasteiger partial charge in [0.1, 0.15) is 11.6 Å². The zero-order chi connectivity index (χ0) is 14.5. The Labute approximate surface area is 121 Å². The first-order valence-electron chi connectivity index (χ1n) is 6.07. The van der Waals surface area contributed by atoms with Crippen LogP contribution in [0.3, 0.4) is 0 Å². The van der Waals surface area contributed by atoms with Crippen LogP contribution in [-0.4, -0.2) is 28.1 Å². The summed E-state index contributed by atoms with van der Waals surface area (Å²) in [4.78, 5) is 20.4. The van der Waals surface area contributed by atoms with Gasteiger partial charge < -0.3 is 10.4 Å². The van der Waals surface area contributed by atoms with E-state index in [1.54, 1.807) is 18.8 Å². The van der Waals surface area contributed by atoms with Crippen molar-refractivity contribution in [2.45, 2.75) is 17.6 Å². The number of aromatic nitrogens is 2. The standard InChI is InChI=1S/C14H15N3O2S/c1-9-3-5-10(6-4-9)20-8-13-16-11(14(18)19)7-12(15-2)17-13/h3-7H,8H2,1-2H3,(H,18,19)(H,15,16,17). The number of carboxylic acid groups (broad SMARTS) is 1. The lowest BCUT2D eigenvalue weighted by atomic mass is 10.2. The molecule has 1 aromatic heterocycles. The van der Waals surface area contributed by atoms with Gasteiger partial charge in [-0.05, 0) is 19.1 Å². The Morgan fingerprint density at radius 2 is 2.00 bits per heavy atom. The summed E-state index contributed by atoms with van der Waals surface area (Å²) in [5, 5.41) is 11.9. The minimum atomic E-state index is -1.05. The van der Waals surface area contributed by atoms with E-state index < -0.39 is 5.97 Å². The van der Waals surface area contributed by atoms with Gasteiger partial charge in [-0.2, -0.15) is 0 Å². The lowest BCUT2D eigenvalue weighted by Gasteiger charge is -2.06. The number of carboxylic acids is 1. The van der Waals surface area contributed by atoms with Crippen molar-refractivity contribution in [2.75, 3.05) is 12.4 Å². The van der Waals surface area contributed by atoms with E-state index in [0.717, 1.165) is 4.90 Å². The van der Waals surface area contributed by atoms with Crippen LogP contribution in [0.25, 0.3) is 0 Å². The predicted octanol–water partition coefficient (Wildman–Crippen LogP) is 2.82. The van der Waals surface area contributed by atoms with Crippen LogP contribution in [-0.2, 0) is 5.75 Å². The molecule has 0 aliphatic carbocycles. The number of carbonyl (C=O) groups is 1. The number of aromatic carboxylic acids is 1. The van der Waals surface area contributed by atoms with Crippen LogP contribution in [0.1, 0.15) is 21.9 Å². The molecule has 20 heavy (non-hydrogen) atoms. The van der Waals surface area contributed by atoms with Gasteiger partial charge >= 0.3 is 5.97 Å². The van der Waals surface area contributed by atoms with Gasteiger partial charge in [-0.25, -0.2) is 14.8 Å². The second kappa shape index (κ2) is 6.38. The van der Waals surface area contributed by atoms with Gasteiger partial charge in [-0.15, -0.1) is 11.8 Å². The number of anilines is 1. The Hall–Kier alpha value is -2.08. The lowest BCUT2D eigenvalue weighted by molar-refractivity contribution is 0.0690. The SMILES string of the molecule is CNc1cc(C(=O)O)nc(CSc2ccc(C)cc2)n1. The van der Waals surface area contributed by atoms with E-state index in [-0.39, 0.29) is 5.69 Å². The number of nitrogens with one attached hydrogen (secondary N) is 1. The van der Waals surface area contributed by atoms with Gasteiger partial charge in [-0.1, -0.05) is 17.7 Å². The molecule has 1 aromatic carbocycles. The van der Waals surface area contributed by atoms with Crippen LogP contribution in [0.5, 0.6) is 0 Å². The molecule has 1 heterocycles. The highest BCUT2D eigenvalue weighted by atomic mass is 32.2. The zero-order valence-corrected chi connectivity index (χ0v) is 12.1. The van der Waals surface area contributed by atoms with E-state index in [0.29, 0.717) is 17.4 Å². The molecule has 0 fully saturated rings. The third-order valence-electron chi connectivity index (χ3n) is 2.64. The van der Waals surface area contributed by atoms with Crippen molar-refractivity contribution < 1.29 is 9.90 Å². The van der Waals surface area contributed by atoms with E-state index in [2.05, 4.69) is 15.3 Å². The maximum Gasteiger partial charge on any atom is 0.354 e. The van der Waals surface area contributed by atoms with Crippen LogP contribution >= 0.6 is 11.8 Å². The van der Waals surface area contributed by atoms with Crippen molar-refractivity contribution in [1.82, 2.24) is 9.97 Å². The van der Waals surface area contributed by atoms with E-state index in [1.165, 1.54) is 11.6 Å². The molecule has 0 aliphatic rings. The van der Waals surface area contributed by atoms with Gasteiger partial charge in [0.2, 0.25) is 0 Å². The summed E-state index contributed by atoms with van der Waals surface area (Å²) in [7, 11) is 1.70. The van der Waals surface area contributed by atoms with Crippen LogP contribution in [0.4, 0.5) is 5.82 Å². The first kappa shape index (κ1) is 14.3. The van der Waals surface area contributed by atoms with Crippen LogP contribution in [0.2, 0.25) is 0 Å². The summed E-state index contributed by atoms with van der Waals surface area (Å²) in [6, 6.07) is 9.55. The molecule has 2 rings (SSSR count). The Bertz CT molecular complexity index is 614. The number of rotatable bonds is 5. The maximum atomic E-state index is 11.0. The van der Waals surface area contributed by atoms with Crippen molar-refractivity contribution in [3.63, 3.8) is 0 Å². The minimum absolute atomic E-state index is 0.00357. The summed E-state index contributed by atoms with van der Waals surface area (Å²) in [5.41, 5.74) is 1.21. The van der Waals surface area contributed by atoms with Crippen molar-refractivity contribution in [3.8, 4) is 0 Å². The molecule has 104 valence electrons. The molecule has 2 N–H and O–H groups in total. The third kappa shape index (κ3) is 3.71. The highest BCUT2D eigenvalue weighted by Crippen LogP contribution is 2.22. The van der Waals surface area contributed by atoms with Gasteiger partial charge in [0, 0.05) is 18.0 Å². The summed E-state index contributed by atoms with van der Waals surface area (Å²) >= 11 is 1.58. The minimum Gasteiger partial charge on any atom is -0.477 e. The quantitative estimate of drug-likeness (QED) is 0.824. The Kier molecular flexibility index (Phi) is 4.57. The first-order valence-corrected chi connectivity index (χ1v) is 7.05. The Balaban J connectivity index is 2.14. The molecule has 2 aromatic rings. The Morgan fingerprint density at radius 1 is 1.30 bits per heavy atom. The van der Waals surface area contributed by atoms with Crippen molar-refractivity contribution >= 4 is 23.5 Å². The van der Waals surface area contributed by atoms with Crippen LogP contribution in [0.15, 0.2) is 35.2 Å². The molecule has 5 nitrogen and oxygen atoms in total. The van der Waals surface area contributed by atoms with Gasteiger partial charge in [0.05, 0.1) is 5.75 Å². The Morgan fingerprint density at radius 3 is 2.60 bits per heavy atom. The summed E-state index contributed by atoms with van der Waals surface area (Å²) in [6.45, 7) is 2.03. The van der Waals surface area contributed by atoms with E-state index in [1.807, 2.05) is 31.2 Å². The highest BCUT2D eigenvalue weighted by molar-refractivity contribution is 7.98. The number of hydrogen-bond acceptors (Lipinski definition) is 5. The molecule has 0 radical (unpaired) electrons. The molecule has 0 unspecified atom stereocenters. The molecule has 0 bridgehead atoms. The highest BCUT2D eigenvalue weighted by Gasteiger charge is 2.10. The fourth-order valence-corrected chi connectivity index (χ4v) is 2.34. The largest absolute Gasteiger partial charge is 0.477 e. The fourth-order valence-electron chi connectivity index (χ4n) is 1.58. The van der Waals surface area contributed by atoms with Gasteiger partial charge in [0.15, 0.2) is 5.69 Å².